The zero-order chi connectivity index (χ0) is 20.4. The fraction of sp³-hybridized carbons (Fsp3) is 0.130. The van der Waals surface area contributed by atoms with Crippen molar-refractivity contribution in [2.45, 2.75) is 19.9 Å². The monoisotopic (exact) mass is 484 g/mol. The number of halogens is 2. The first-order valence-electron chi connectivity index (χ1n) is 9.25. The Hall–Kier alpha value is -2.21. The first-order valence-corrected chi connectivity index (χ1v) is 11.2. The third-order valence-electron chi connectivity index (χ3n) is 4.67. The van der Waals surface area contributed by atoms with Crippen LogP contribution in [0.1, 0.15) is 28.4 Å². The number of anilines is 1. The van der Waals surface area contributed by atoms with E-state index in [4.69, 9.17) is 16.6 Å². The highest BCUT2D eigenvalue weighted by Gasteiger charge is 2.24. The van der Waals surface area contributed by atoms with Crippen LogP contribution in [-0.4, -0.2) is 10.9 Å². The highest BCUT2D eigenvalue weighted by Crippen LogP contribution is 2.33. The van der Waals surface area contributed by atoms with Crippen LogP contribution in [-0.2, 0) is 13.0 Å². The van der Waals surface area contributed by atoms with Gasteiger partial charge >= 0.3 is 0 Å². The molecule has 0 spiro atoms. The molecule has 0 aliphatic heterocycles. The van der Waals surface area contributed by atoms with Gasteiger partial charge in [-0.3, -0.25) is 9.69 Å². The number of thiazole rings is 1. The number of aromatic nitrogens is 1. The van der Waals surface area contributed by atoms with Crippen LogP contribution in [0.4, 0.5) is 5.13 Å². The van der Waals surface area contributed by atoms with E-state index in [1.54, 1.807) is 17.0 Å². The molecule has 0 atom stereocenters. The number of hydrogen-bond acceptors (Lipinski definition) is 3. The van der Waals surface area contributed by atoms with Crippen molar-refractivity contribution < 1.29 is 4.79 Å². The normalized spacial score (nSPS) is 11.0. The van der Waals surface area contributed by atoms with Crippen LogP contribution in [0.25, 0.3) is 10.2 Å². The van der Waals surface area contributed by atoms with Crippen molar-refractivity contribution in [3.05, 3.63) is 92.9 Å². The number of carbonyl (C=O) groups is 1. The average molecular weight is 486 g/mol. The van der Waals surface area contributed by atoms with Gasteiger partial charge in [-0.2, -0.15) is 0 Å². The predicted octanol–water partition coefficient (Wildman–Crippen LogP) is 7.12. The molecule has 146 valence electrons. The highest BCUT2D eigenvalue weighted by molar-refractivity contribution is 9.10. The van der Waals surface area contributed by atoms with E-state index in [0.717, 1.165) is 26.7 Å². The Labute approximate surface area is 187 Å². The van der Waals surface area contributed by atoms with Gasteiger partial charge in [0, 0.05) is 4.47 Å². The molecule has 0 N–H and O–H groups in total. The smallest absolute Gasteiger partial charge is 0.261 e. The van der Waals surface area contributed by atoms with Crippen molar-refractivity contribution in [1.82, 2.24) is 4.98 Å². The standard InChI is InChI=1S/C23H18BrClN2OS/c1-2-15-8-11-20-21(12-15)29-23(26-20)27(14-16-6-4-3-5-7-16)22(28)18-13-17(24)9-10-19(18)25/h3-13H,2,14H2,1H3. The van der Waals surface area contributed by atoms with Gasteiger partial charge in [-0.15, -0.1) is 0 Å². The molecular weight excluding hydrogens is 468 g/mol. The molecule has 0 unspecified atom stereocenters. The molecule has 1 heterocycles. The van der Waals surface area contributed by atoms with Gasteiger partial charge in [-0.1, -0.05) is 82.2 Å². The first-order chi connectivity index (χ1) is 14.0. The maximum Gasteiger partial charge on any atom is 0.261 e. The second-order valence-electron chi connectivity index (χ2n) is 6.65. The fourth-order valence-corrected chi connectivity index (χ4v) is 4.68. The summed E-state index contributed by atoms with van der Waals surface area (Å²) >= 11 is 11.3. The van der Waals surface area contributed by atoms with Crippen LogP contribution in [0.5, 0.6) is 0 Å². The van der Waals surface area contributed by atoms with Gasteiger partial charge < -0.3 is 0 Å². The lowest BCUT2D eigenvalue weighted by molar-refractivity contribution is 0.0985. The van der Waals surface area contributed by atoms with Gasteiger partial charge in [0.2, 0.25) is 0 Å². The first kappa shape index (κ1) is 20.1. The van der Waals surface area contributed by atoms with Gasteiger partial charge in [0.25, 0.3) is 5.91 Å². The number of hydrogen-bond donors (Lipinski definition) is 0. The Kier molecular flexibility index (Phi) is 5.99. The molecule has 4 rings (SSSR count). The van der Waals surface area contributed by atoms with E-state index in [1.165, 1.54) is 16.9 Å². The summed E-state index contributed by atoms with van der Waals surface area (Å²) < 4.78 is 1.88. The van der Waals surface area contributed by atoms with Crippen molar-refractivity contribution in [2.75, 3.05) is 4.90 Å². The van der Waals surface area contributed by atoms with Crippen molar-refractivity contribution in [3.63, 3.8) is 0 Å². The van der Waals surface area contributed by atoms with E-state index in [2.05, 4.69) is 35.0 Å². The van der Waals surface area contributed by atoms with E-state index < -0.39 is 0 Å². The molecule has 0 fully saturated rings. The van der Waals surface area contributed by atoms with Crippen molar-refractivity contribution in [3.8, 4) is 0 Å². The van der Waals surface area contributed by atoms with Gasteiger partial charge in [-0.25, -0.2) is 4.98 Å². The lowest BCUT2D eigenvalue weighted by Crippen LogP contribution is -2.30. The minimum Gasteiger partial charge on any atom is -0.279 e. The number of nitrogens with zero attached hydrogens (tertiary/aromatic N) is 2. The summed E-state index contributed by atoms with van der Waals surface area (Å²) in [6.07, 6.45) is 0.962. The van der Waals surface area contributed by atoms with Crippen molar-refractivity contribution >= 4 is 60.1 Å². The molecule has 0 aliphatic rings. The van der Waals surface area contributed by atoms with Crippen LogP contribution in [0, 0.1) is 0 Å². The quantitative estimate of drug-likeness (QED) is 0.301. The van der Waals surface area contributed by atoms with E-state index in [0.29, 0.717) is 22.3 Å². The molecule has 1 amide bonds. The Balaban J connectivity index is 1.79. The summed E-state index contributed by atoms with van der Waals surface area (Å²) in [6.45, 7) is 2.55. The molecule has 3 aromatic carbocycles. The molecular formula is C23H18BrClN2OS. The summed E-state index contributed by atoms with van der Waals surface area (Å²) in [7, 11) is 0. The Bertz CT molecular complexity index is 1180. The number of amides is 1. The largest absolute Gasteiger partial charge is 0.279 e. The van der Waals surface area contributed by atoms with Crippen LogP contribution in [0.15, 0.2) is 71.2 Å². The summed E-state index contributed by atoms with van der Waals surface area (Å²) in [5.41, 5.74) is 3.63. The van der Waals surface area contributed by atoms with Gasteiger partial charge in [0.05, 0.1) is 27.3 Å². The molecule has 0 bridgehead atoms. The van der Waals surface area contributed by atoms with Gasteiger partial charge in [-0.05, 0) is 47.9 Å². The summed E-state index contributed by atoms with van der Waals surface area (Å²) in [5, 5.41) is 1.09. The topological polar surface area (TPSA) is 33.2 Å². The van der Waals surface area contributed by atoms with Crippen LogP contribution in [0.3, 0.4) is 0 Å². The SMILES string of the molecule is CCc1ccc2nc(N(Cc3ccccc3)C(=O)c3cc(Br)ccc3Cl)sc2c1. The van der Waals surface area contributed by atoms with E-state index in [-0.39, 0.29) is 5.91 Å². The maximum atomic E-state index is 13.5. The molecule has 0 aliphatic carbocycles. The molecule has 3 nitrogen and oxygen atoms in total. The average Bonchev–Trinajstić information content (AvgIpc) is 3.16. The molecule has 29 heavy (non-hydrogen) atoms. The van der Waals surface area contributed by atoms with Crippen LogP contribution >= 0.6 is 38.9 Å². The molecule has 4 aromatic rings. The Morgan fingerprint density at radius 2 is 1.86 bits per heavy atom. The van der Waals surface area contributed by atoms with Crippen LogP contribution < -0.4 is 4.90 Å². The number of carbonyl (C=O) groups excluding carboxylic acids is 1. The van der Waals surface area contributed by atoms with Crippen molar-refractivity contribution in [1.29, 1.82) is 0 Å². The van der Waals surface area contributed by atoms with Crippen LogP contribution in [0.2, 0.25) is 5.02 Å². The minimum absolute atomic E-state index is 0.171. The maximum absolute atomic E-state index is 13.5. The number of rotatable bonds is 5. The fourth-order valence-electron chi connectivity index (χ4n) is 3.09. The minimum atomic E-state index is -0.171. The molecule has 0 saturated carbocycles. The summed E-state index contributed by atoms with van der Waals surface area (Å²) in [5.74, 6) is -0.171. The second kappa shape index (κ2) is 8.66. The second-order valence-corrected chi connectivity index (χ2v) is 8.99. The predicted molar refractivity (Wildman–Crippen MR) is 125 cm³/mol. The van der Waals surface area contributed by atoms with Gasteiger partial charge in [0.15, 0.2) is 5.13 Å². The molecule has 0 radical (unpaired) electrons. The highest BCUT2D eigenvalue weighted by atomic mass is 79.9. The summed E-state index contributed by atoms with van der Waals surface area (Å²) in [4.78, 5) is 20.0. The molecule has 1 aromatic heterocycles. The zero-order valence-electron chi connectivity index (χ0n) is 15.7. The number of fused-ring (bicyclic) bond motifs is 1. The Morgan fingerprint density at radius 1 is 1.07 bits per heavy atom. The third kappa shape index (κ3) is 4.37. The molecule has 0 saturated heterocycles. The Morgan fingerprint density at radius 3 is 2.62 bits per heavy atom. The lowest BCUT2D eigenvalue weighted by Gasteiger charge is -2.21. The number of benzene rings is 3. The zero-order valence-corrected chi connectivity index (χ0v) is 18.9. The van der Waals surface area contributed by atoms with E-state index in [1.807, 2.05) is 42.5 Å². The number of aryl methyl sites for hydroxylation is 1. The molecule has 6 heteroatoms. The van der Waals surface area contributed by atoms with E-state index in [9.17, 15) is 4.79 Å². The third-order valence-corrected chi connectivity index (χ3v) is 6.53. The van der Waals surface area contributed by atoms with Crippen molar-refractivity contribution in [2.24, 2.45) is 0 Å². The van der Waals surface area contributed by atoms with Gasteiger partial charge in [0.1, 0.15) is 0 Å². The van der Waals surface area contributed by atoms with E-state index >= 15 is 0 Å². The lowest BCUT2D eigenvalue weighted by atomic mass is 10.1. The summed E-state index contributed by atoms with van der Waals surface area (Å²) in [6, 6.07) is 21.5.